The molecule has 0 spiro atoms. The lowest BCUT2D eigenvalue weighted by Crippen LogP contribution is -2.05. The summed E-state index contributed by atoms with van der Waals surface area (Å²) in [5.74, 6) is 0. The number of rotatable bonds is 5. The lowest BCUT2D eigenvalue weighted by atomic mass is 10.1. The maximum absolute atomic E-state index is 5.62. The summed E-state index contributed by atoms with van der Waals surface area (Å²) < 4.78 is 5.62. The third-order valence-corrected chi connectivity index (χ3v) is 2.32. The van der Waals surface area contributed by atoms with Crippen LogP contribution >= 0.6 is 0 Å². The summed E-state index contributed by atoms with van der Waals surface area (Å²) in [4.78, 5) is 0. The van der Waals surface area contributed by atoms with Gasteiger partial charge in [-0.15, -0.1) is 0 Å². The third kappa shape index (κ3) is 3.35. The van der Waals surface area contributed by atoms with Crippen LogP contribution < -0.4 is 0 Å². The van der Waals surface area contributed by atoms with E-state index in [1.54, 1.807) is 0 Å². The second-order valence-corrected chi connectivity index (χ2v) is 3.48. The molecule has 0 amide bonds. The van der Waals surface area contributed by atoms with Crippen molar-refractivity contribution in [2.75, 3.05) is 0 Å². The average molecular weight is 190 g/mol. The summed E-state index contributed by atoms with van der Waals surface area (Å²) in [6.07, 6.45) is 3.25. The maximum atomic E-state index is 5.62. The molecule has 1 atom stereocenters. The van der Waals surface area contributed by atoms with Crippen LogP contribution in [0.15, 0.2) is 30.8 Å². The molecule has 0 heterocycles. The molecule has 0 saturated carbocycles. The zero-order chi connectivity index (χ0) is 10.4. The summed E-state index contributed by atoms with van der Waals surface area (Å²) >= 11 is 0. The van der Waals surface area contributed by atoms with Gasteiger partial charge in [-0.1, -0.05) is 43.8 Å². The lowest BCUT2D eigenvalue weighted by Gasteiger charge is -2.10. The molecule has 0 aliphatic rings. The fraction of sp³-hybridized carbons (Fsp3) is 0.385. The Morgan fingerprint density at radius 3 is 2.50 bits per heavy atom. The summed E-state index contributed by atoms with van der Waals surface area (Å²) in [7, 11) is 0. The molecule has 0 aliphatic carbocycles. The SMILES string of the molecule is C=Cc1ccc(CO[C@H](C)CC)cc1. The van der Waals surface area contributed by atoms with E-state index < -0.39 is 0 Å². The Balaban J connectivity index is 2.47. The summed E-state index contributed by atoms with van der Waals surface area (Å²) in [6, 6.07) is 8.28. The van der Waals surface area contributed by atoms with Gasteiger partial charge in [-0.2, -0.15) is 0 Å². The second kappa shape index (κ2) is 5.61. The first-order valence-electron chi connectivity index (χ1n) is 5.09. The standard InChI is InChI=1S/C13H18O/c1-4-11(3)14-10-13-8-6-12(5-2)7-9-13/h5-9,11H,2,4,10H2,1,3H3/t11-/m1/s1. The number of hydrogen-bond donors (Lipinski definition) is 0. The maximum Gasteiger partial charge on any atom is 0.0720 e. The van der Waals surface area contributed by atoms with Crippen molar-refractivity contribution >= 4 is 6.08 Å². The largest absolute Gasteiger partial charge is 0.374 e. The van der Waals surface area contributed by atoms with Gasteiger partial charge >= 0.3 is 0 Å². The fourth-order valence-electron chi connectivity index (χ4n) is 1.11. The van der Waals surface area contributed by atoms with Gasteiger partial charge in [0, 0.05) is 0 Å². The molecule has 0 N–H and O–H groups in total. The van der Waals surface area contributed by atoms with Crippen LogP contribution in [0.5, 0.6) is 0 Å². The molecule has 14 heavy (non-hydrogen) atoms. The molecule has 0 bridgehead atoms. The highest BCUT2D eigenvalue weighted by atomic mass is 16.5. The Kier molecular flexibility index (Phi) is 4.41. The van der Waals surface area contributed by atoms with E-state index in [4.69, 9.17) is 4.74 Å². The van der Waals surface area contributed by atoms with Crippen LogP contribution in [0.1, 0.15) is 31.4 Å². The van der Waals surface area contributed by atoms with Crippen LogP contribution in [0, 0.1) is 0 Å². The summed E-state index contributed by atoms with van der Waals surface area (Å²) in [5, 5.41) is 0. The highest BCUT2D eigenvalue weighted by Crippen LogP contribution is 2.08. The normalized spacial score (nSPS) is 12.4. The molecule has 1 nitrogen and oxygen atoms in total. The molecule has 1 aromatic carbocycles. The first-order valence-corrected chi connectivity index (χ1v) is 5.09. The smallest absolute Gasteiger partial charge is 0.0720 e. The van der Waals surface area contributed by atoms with Crippen molar-refractivity contribution in [2.45, 2.75) is 33.0 Å². The molecule has 0 aliphatic heterocycles. The van der Waals surface area contributed by atoms with E-state index in [2.05, 4.69) is 44.7 Å². The van der Waals surface area contributed by atoms with Crippen molar-refractivity contribution < 1.29 is 4.74 Å². The topological polar surface area (TPSA) is 9.23 Å². The van der Waals surface area contributed by atoms with E-state index >= 15 is 0 Å². The Bertz CT molecular complexity index is 274. The van der Waals surface area contributed by atoms with Crippen LogP contribution in [0.2, 0.25) is 0 Å². The van der Waals surface area contributed by atoms with Gasteiger partial charge in [0.15, 0.2) is 0 Å². The van der Waals surface area contributed by atoms with Crippen LogP contribution in [0.3, 0.4) is 0 Å². The van der Waals surface area contributed by atoms with Gasteiger partial charge in [0.25, 0.3) is 0 Å². The molecule has 0 radical (unpaired) electrons. The molecular weight excluding hydrogens is 172 g/mol. The monoisotopic (exact) mass is 190 g/mol. The number of ether oxygens (including phenoxy) is 1. The van der Waals surface area contributed by atoms with E-state index in [1.165, 1.54) is 5.56 Å². The van der Waals surface area contributed by atoms with E-state index in [1.807, 2.05) is 6.08 Å². The molecule has 0 saturated heterocycles. The average Bonchev–Trinajstić information content (AvgIpc) is 2.26. The van der Waals surface area contributed by atoms with Crippen molar-refractivity contribution in [1.82, 2.24) is 0 Å². The van der Waals surface area contributed by atoms with Crippen LogP contribution in [-0.4, -0.2) is 6.10 Å². The van der Waals surface area contributed by atoms with Crippen LogP contribution in [0.4, 0.5) is 0 Å². The quantitative estimate of drug-likeness (QED) is 0.688. The van der Waals surface area contributed by atoms with Gasteiger partial charge in [-0.05, 0) is 24.5 Å². The zero-order valence-corrected chi connectivity index (χ0v) is 8.99. The molecule has 76 valence electrons. The molecule has 0 unspecified atom stereocenters. The predicted molar refractivity (Wildman–Crippen MR) is 61.1 cm³/mol. The van der Waals surface area contributed by atoms with E-state index in [9.17, 15) is 0 Å². The van der Waals surface area contributed by atoms with Crippen molar-refractivity contribution in [1.29, 1.82) is 0 Å². The fourth-order valence-corrected chi connectivity index (χ4v) is 1.11. The van der Waals surface area contributed by atoms with Crippen molar-refractivity contribution in [2.24, 2.45) is 0 Å². The van der Waals surface area contributed by atoms with Crippen molar-refractivity contribution in [3.8, 4) is 0 Å². The van der Waals surface area contributed by atoms with Crippen LogP contribution in [0.25, 0.3) is 6.08 Å². The minimum atomic E-state index is 0.342. The number of benzene rings is 1. The van der Waals surface area contributed by atoms with Gasteiger partial charge in [0.2, 0.25) is 0 Å². The van der Waals surface area contributed by atoms with E-state index in [0.717, 1.165) is 12.0 Å². The molecule has 1 aromatic rings. The molecule has 0 fully saturated rings. The van der Waals surface area contributed by atoms with E-state index in [-0.39, 0.29) is 0 Å². The third-order valence-electron chi connectivity index (χ3n) is 2.32. The van der Waals surface area contributed by atoms with Gasteiger partial charge in [0.1, 0.15) is 0 Å². The molecule has 0 aromatic heterocycles. The highest BCUT2D eigenvalue weighted by Gasteiger charge is 1.98. The van der Waals surface area contributed by atoms with Gasteiger partial charge in [-0.3, -0.25) is 0 Å². The van der Waals surface area contributed by atoms with Crippen molar-refractivity contribution in [3.05, 3.63) is 42.0 Å². The highest BCUT2D eigenvalue weighted by molar-refractivity contribution is 5.47. The summed E-state index contributed by atoms with van der Waals surface area (Å²) in [6.45, 7) is 8.64. The first kappa shape index (κ1) is 11.0. The minimum absolute atomic E-state index is 0.342. The Labute approximate surface area is 86.4 Å². The Morgan fingerprint density at radius 1 is 1.36 bits per heavy atom. The van der Waals surface area contributed by atoms with Crippen LogP contribution in [-0.2, 0) is 11.3 Å². The molecule has 1 heteroatoms. The summed E-state index contributed by atoms with van der Waals surface area (Å²) in [5.41, 5.74) is 2.37. The van der Waals surface area contributed by atoms with Crippen molar-refractivity contribution in [3.63, 3.8) is 0 Å². The Morgan fingerprint density at radius 2 is 2.00 bits per heavy atom. The minimum Gasteiger partial charge on any atom is -0.374 e. The molecular formula is C13H18O. The number of hydrogen-bond acceptors (Lipinski definition) is 1. The van der Waals surface area contributed by atoms with Gasteiger partial charge < -0.3 is 4.74 Å². The second-order valence-electron chi connectivity index (χ2n) is 3.48. The first-order chi connectivity index (χ1) is 6.76. The Hall–Kier alpha value is -1.08. The van der Waals surface area contributed by atoms with Gasteiger partial charge in [0.05, 0.1) is 12.7 Å². The zero-order valence-electron chi connectivity index (χ0n) is 8.99. The predicted octanol–water partition coefficient (Wildman–Crippen LogP) is 3.64. The van der Waals surface area contributed by atoms with E-state index in [0.29, 0.717) is 12.7 Å². The molecule has 1 rings (SSSR count). The lowest BCUT2D eigenvalue weighted by molar-refractivity contribution is 0.0508. The van der Waals surface area contributed by atoms with Gasteiger partial charge in [-0.25, -0.2) is 0 Å².